The molecule has 0 unspecified atom stereocenters. The Morgan fingerprint density at radius 1 is 1.40 bits per heavy atom. The van der Waals surface area contributed by atoms with Crippen molar-refractivity contribution in [2.24, 2.45) is 0 Å². The van der Waals surface area contributed by atoms with E-state index in [1.807, 2.05) is 0 Å². The molecule has 0 saturated carbocycles. The van der Waals surface area contributed by atoms with Gasteiger partial charge in [0, 0.05) is 23.2 Å². The van der Waals surface area contributed by atoms with Crippen molar-refractivity contribution in [2.45, 2.75) is 19.9 Å². The van der Waals surface area contributed by atoms with E-state index in [2.05, 4.69) is 40.1 Å². The van der Waals surface area contributed by atoms with Crippen LogP contribution in [0.2, 0.25) is 0 Å². The van der Waals surface area contributed by atoms with E-state index in [0.29, 0.717) is 0 Å². The Labute approximate surface area is 98.0 Å². The summed E-state index contributed by atoms with van der Waals surface area (Å²) in [6.07, 6.45) is 0.981. The molecule has 0 spiro atoms. The lowest BCUT2D eigenvalue weighted by molar-refractivity contribution is 0.712. The van der Waals surface area contributed by atoms with Gasteiger partial charge in [-0.2, -0.15) is 0 Å². The number of thiazole rings is 1. The van der Waals surface area contributed by atoms with Crippen LogP contribution in [0.3, 0.4) is 0 Å². The molecule has 2 rings (SSSR count). The quantitative estimate of drug-likeness (QED) is 0.866. The summed E-state index contributed by atoms with van der Waals surface area (Å²) in [6, 6.07) is 4.25. The lowest BCUT2D eigenvalue weighted by Crippen LogP contribution is -2.11. The molecule has 2 aromatic heterocycles. The first kappa shape index (κ1) is 10.8. The topological polar surface area (TPSA) is 24.9 Å². The Bertz CT molecular complexity index is 392. The van der Waals surface area contributed by atoms with Crippen molar-refractivity contribution < 1.29 is 0 Å². The van der Waals surface area contributed by atoms with E-state index in [1.54, 1.807) is 22.7 Å². The molecule has 2 aromatic rings. The molecule has 0 atom stereocenters. The van der Waals surface area contributed by atoms with Gasteiger partial charge in [-0.05, 0) is 18.0 Å². The molecule has 0 aliphatic carbocycles. The second kappa shape index (κ2) is 5.39. The minimum Gasteiger partial charge on any atom is -0.311 e. The zero-order valence-electron chi connectivity index (χ0n) is 8.69. The molecule has 4 heteroatoms. The van der Waals surface area contributed by atoms with Crippen LogP contribution in [0.1, 0.15) is 22.5 Å². The standard InChI is InChI=1S/C11H14N2S2/c1-2-12-7-9-8-15-11(13-9)6-10-4-3-5-14-10/h3-5,8,12H,2,6-7H2,1H3. The summed E-state index contributed by atoms with van der Waals surface area (Å²) in [5.41, 5.74) is 1.16. The van der Waals surface area contributed by atoms with Crippen LogP contribution < -0.4 is 5.32 Å². The minimum atomic E-state index is 0.886. The van der Waals surface area contributed by atoms with Gasteiger partial charge in [0.1, 0.15) is 0 Å². The van der Waals surface area contributed by atoms with E-state index in [-0.39, 0.29) is 0 Å². The monoisotopic (exact) mass is 238 g/mol. The van der Waals surface area contributed by atoms with E-state index in [4.69, 9.17) is 0 Å². The Morgan fingerprint density at radius 2 is 2.33 bits per heavy atom. The highest BCUT2D eigenvalue weighted by atomic mass is 32.1. The molecule has 0 bridgehead atoms. The van der Waals surface area contributed by atoms with Crippen LogP contribution in [0.25, 0.3) is 0 Å². The fourth-order valence-electron chi connectivity index (χ4n) is 1.33. The second-order valence-corrected chi connectivity index (χ2v) is 5.24. The number of hydrogen-bond donors (Lipinski definition) is 1. The summed E-state index contributed by atoms with van der Waals surface area (Å²) in [4.78, 5) is 5.97. The molecular formula is C11H14N2S2. The van der Waals surface area contributed by atoms with Crippen molar-refractivity contribution in [3.8, 4) is 0 Å². The van der Waals surface area contributed by atoms with Gasteiger partial charge in [0.05, 0.1) is 10.7 Å². The largest absolute Gasteiger partial charge is 0.311 e. The van der Waals surface area contributed by atoms with Crippen LogP contribution in [0.5, 0.6) is 0 Å². The molecule has 15 heavy (non-hydrogen) atoms. The molecule has 2 heterocycles. The first-order valence-corrected chi connectivity index (χ1v) is 6.81. The summed E-state index contributed by atoms with van der Waals surface area (Å²) in [5, 5.41) is 8.75. The predicted octanol–water partition coefficient (Wildman–Crippen LogP) is 2.90. The third-order valence-corrected chi connectivity index (χ3v) is 3.84. The van der Waals surface area contributed by atoms with Crippen molar-refractivity contribution in [2.75, 3.05) is 6.54 Å². The lowest BCUT2D eigenvalue weighted by Gasteiger charge is -1.95. The minimum absolute atomic E-state index is 0.886. The summed E-state index contributed by atoms with van der Waals surface area (Å²) in [5.74, 6) is 0. The van der Waals surface area contributed by atoms with Gasteiger partial charge in [0.15, 0.2) is 0 Å². The van der Waals surface area contributed by atoms with Crippen LogP contribution in [0, 0.1) is 0 Å². The number of nitrogens with one attached hydrogen (secondary N) is 1. The van der Waals surface area contributed by atoms with Crippen LogP contribution in [-0.4, -0.2) is 11.5 Å². The summed E-state index contributed by atoms with van der Waals surface area (Å²) < 4.78 is 0. The van der Waals surface area contributed by atoms with Crippen molar-refractivity contribution in [1.82, 2.24) is 10.3 Å². The van der Waals surface area contributed by atoms with Crippen molar-refractivity contribution in [3.05, 3.63) is 38.5 Å². The molecule has 0 radical (unpaired) electrons. The summed E-state index contributed by atoms with van der Waals surface area (Å²) in [7, 11) is 0. The highest BCUT2D eigenvalue weighted by Crippen LogP contribution is 2.17. The van der Waals surface area contributed by atoms with Crippen LogP contribution in [0.15, 0.2) is 22.9 Å². The van der Waals surface area contributed by atoms with Gasteiger partial charge < -0.3 is 5.32 Å². The summed E-state index contributed by atoms with van der Waals surface area (Å²) >= 11 is 3.55. The smallest absolute Gasteiger partial charge is 0.0981 e. The van der Waals surface area contributed by atoms with Crippen LogP contribution in [0.4, 0.5) is 0 Å². The van der Waals surface area contributed by atoms with Crippen LogP contribution in [-0.2, 0) is 13.0 Å². The van der Waals surface area contributed by atoms with Gasteiger partial charge in [-0.25, -0.2) is 4.98 Å². The third kappa shape index (κ3) is 3.12. The Kier molecular flexibility index (Phi) is 3.88. The molecular weight excluding hydrogens is 224 g/mol. The number of aromatic nitrogens is 1. The molecule has 2 nitrogen and oxygen atoms in total. The van der Waals surface area contributed by atoms with Crippen molar-refractivity contribution in [3.63, 3.8) is 0 Å². The molecule has 0 aromatic carbocycles. The second-order valence-electron chi connectivity index (χ2n) is 3.27. The van der Waals surface area contributed by atoms with E-state index in [1.165, 1.54) is 9.88 Å². The SMILES string of the molecule is CCNCc1csc(Cc2cccs2)n1. The molecule has 0 amide bonds. The Hall–Kier alpha value is -0.710. The highest BCUT2D eigenvalue weighted by Gasteiger charge is 2.03. The predicted molar refractivity (Wildman–Crippen MR) is 66.6 cm³/mol. The number of hydrogen-bond acceptors (Lipinski definition) is 4. The van der Waals surface area contributed by atoms with Crippen molar-refractivity contribution in [1.29, 1.82) is 0 Å². The van der Waals surface area contributed by atoms with Crippen molar-refractivity contribution >= 4 is 22.7 Å². The van der Waals surface area contributed by atoms with Gasteiger partial charge in [-0.3, -0.25) is 0 Å². The number of nitrogens with zero attached hydrogens (tertiary/aromatic N) is 1. The van der Waals surface area contributed by atoms with E-state index >= 15 is 0 Å². The maximum atomic E-state index is 4.59. The van der Waals surface area contributed by atoms with Gasteiger partial charge in [-0.1, -0.05) is 13.0 Å². The number of rotatable bonds is 5. The van der Waals surface area contributed by atoms with Gasteiger partial charge >= 0.3 is 0 Å². The Morgan fingerprint density at radius 3 is 3.07 bits per heavy atom. The maximum Gasteiger partial charge on any atom is 0.0981 e. The Balaban J connectivity index is 1.95. The normalized spacial score (nSPS) is 10.7. The van der Waals surface area contributed by atoms with Gasteiger partial charge in [0.25, 0.3) is 0 Å². The summed E-state index contributed by atoms with van der Waals surface area (Å²) in [6.45, 7) is 3.99. The molecule has 0 fully saturated rings. The van der Waals surface area contributed by atoms with Gasteiger partial charge in [0.2, 0.25) is 0 Å². The van der Waals surface area contributed by atoms with Crippen LogP contribution >= 0.6 is 22.7 Å². The highest BCUT2D eigenvalue weighted by molar-refractivity contribution is 7.11. The lowest BCUT2D eigenvalue weighted by atomic mass is 10.3. The fourth-order valence-corrected chi connectivity index (χ4v) is 2.94. The fraction of sp³-hybridized carbons (Fsp3) is 0.364. The first-order valence-electron chi connectivity index (χ1n) is 5.05. The average Bonchev–Trinajstić information content (AvgIpc) is 2.87. The van der Waals surface area contributed by atoms with Gasteiger partial charge in [-0.15, -0.1) is 22.7 Å². The molecule has 0 aliphatic heterocycles. The molecule has 1 N–H and O–H groups in total. The molecule has 0 saturated heterocycles. The zero-order valence-corrected chi connectivity index (χ0v) is 10.3. The van der Waals surface area contributed by atoms with E-state index in [9.17, 15) is 0 Å². The van der Waals surface area contributed by atoms with E-state index < -0.39 is 0 Å². The average molecular weight is 238 g/mol. The molecule has 0 aliphatic rings. The first-order chi connectivity index (χ1) is 7.38. The number of thiophene rings is 1. The molecule has 80 valence electrons. The maximum absolute atomic E-state index is 4.59. The zero-order chi connectivity index (χ0) is 10.5. The third-order valence-electron chi connectivity index (χ3n) is 2.06. The van der Waals surface area contributed by atoms with E-state index in [0.717, 1.165) is 25.2 Å².